The van der Waals surface area contributed by atoms with Crippen LogP contribution in [-0.2, 0) is 0 Å². The topological polar surface area (TPSA) is 12.0 Å². The van der Waals surface area contributed by atoms with Gasteiger partial charge in [-0.3, -0.25) is 0 Å². The Hall–Kier alpha value is 0.0900. The van der Waals surface area contributed by atoms with E-state index in [1.807, 2.05) is 18.4 Å². The van der Waals surface area contributed by atoms with Crippen LogP contribution >= 0.6 is 45.3 Å². The van der Waals surface area contributed by atoms with Gasteiger partial charge < -0.3 is 5.32 Å². The number of halogens is 1. The molecule has 0 amide bonds. The van der Waals surface area contributed by atoms with E-state index < -0.39 is 0 Å². The maximum Gasteiger partial charge on any atom is 0.0679 e. The van der Waals surface area contributed by atoms with Crippen molar-refractivity contribution in [2.45, 2.75) is 13.0 Å². The van der Waals surface area contributed by atoms with E-state index in [-0.39, 0.29) is 0 Å². The average Bonchev–Trinajstić information content (AvgIpc) is 2.79. The molecule has 0 radical (unpaired) electrons. The summed E-state index contributed by atoms with van der Waals surface area (Å²) in [5, 5.41) is 7.79. The first-order valence-corrected chi connectivity index (χ1v) is 7.51. The van der Waals surface area contributed by atoms with Gasteiger partial charge in [0.05, 0.1) is 8.93 Å². The summed E-state index contributed by atoms with van der Waals surface area (Å²) in [5.41, 5.74) is 2.75. The summed E-state index contributed by atoms with van der Waals surface area (Å²) in [7, 11) is 2.02. The van der Waals surface area contributed by atoms with Crippen LogP contribution in [0.4, 0.5) is 0 Å². The molecule has 2 heterocycles. The molecule has 1 nitrogen and oxygen atoms in total. The fourth-order valence-electron chi connectivity index (χ4n) is 1.60. The third kappa shape index (κ3) is 2.43. The minimum atomic E-state index is 0.352. The molecule has 1 unspecified atom stereocenters. The Morgan fingerprint density at radius 2 is 2.20 bits per heavy atom. The highest BCUT2D eigenvalue weighted by Gasteiger charge is 2.16. The lowest BCUT2D eigenvalue weighted by Crippen LogP contribution is -2.16. The molecule has 2 aromatic rings. The van der Waals surface area contributed by atoms with Crippen LogP contribution in [0.25, 0.3) is 0 Å². The van der Waals surface area contributed by atoms with Crippen molar-refractivity contribution in [1.82, 2.24) is 5.32 Å². The number of nitrogens with one attached hydrogen (secondary N) is 1. The number of thiophene rings is 2. The van der Waals surface area contributed by atoms with Crippen molar-refractivity contribution < 1.29 is 0 Å². The standard InChI is InChI=1S/C11H12INS2/c1-7-3-4-14-11(7)10(13-2)8-5-9(12)15-6-8/h3-6,10,13H,1-2H3. The zero-order chi connectivity index (χ0) is 10.8. The predicted octanol–water partition coefficient (Wildman–Crippen LogP) is 4.03. The first kappa shape index (κ1) is 11.6. The molecular weight excluding hydrogens is 337 g/mol. The van der Waals surface area contributed by atoms with Gasteiger partial charge in [0.1, 0.15) is 0 Å². The second-order valence-electron chi connectivity index (χ2n) is 3.37. The minimum absolute atomic E-state index is 0.352. The minimum Gasteiger partial charge on any atom is -0.309 e. The summed E-state index contributed by atoms with van der Waals surface area (Å²) in [4.78, 5) is 1.42. The van der Waals surface area contributed by atoms with Crippen molar-refractivity contribution in [3.63, 3.8) is 0 Å². The Kier molecular flexibility index (Phi) is 3.82. The van der Waals surface area contributed by atoms with Gasteiger partial charge in [-0.1, -0.05) is 0 Å². The van der Waals surface area contributed by atoms with Gasteiger partial charge in [-0.05, 0) is 70.6 Å². The molecule has 0 fully saturated rings. The van der Waals surface area contributed by atoms with Gasteiger partial charge >= 0.3 is 0 Å². The summed E-state index contributed by atoms with van der Waals surface area (Å²) >= 11 is 6.00. The first-order valence-electron chi connectivity index (χ1n) is 4.67. The molecule has 0 aromatic carbocycles. The molecule has 0 spiro atoms. The van der Waals surface area contributed by atoms with E-state index in [0.717, 1.165) is 0 Å². The molecule has 2 aromatic heterocycles. The van der Waals surface area contributed by atoms with E-state index in [0.29, 0.717) is 6.04 Å². The maximum absolute atomic E-state index is 3.39. The summed E-state index contributed by atoms with van der Waals surface area (Å²) in [6.07, 6.45) is 0. The van der Waals surface area contributed by atoms with E-state index in [1.54, 1.807) is 11.3 Å². The van der Waals surface area contributed by atoms with Gasteiger partial charge in [-0.15, -0.1) is 22.7 Å². The highest BCUT2D eigenvalue weighted by molar-refractivity contribution is 14.1. The molecule has 2 rings (SSSR count). The van der Waals surface area contributed by atoms with Crippen molar-refractivity contribution in [2.75, 3.05) is 7.05 Å². The highest BCUT2D eigenvalue weighted by Crippen LogP contribution is 2.31. The predicted molar refractivity (Wildman–Crippen MR) is 77.0 cm³/mol. The summed E-state index contributed by atoms with van der Waals surface area (Å²) in [6.45, 7) is 2.17. The molecule has 80 valence electrons. The Balaban J connectivity index is 2.36. The van der Waals surface area contributed by atoms with Crippen molar-refractivity contribution in [3.8, 4) is 0 Å². The zero-order valence-electron chi connectivity index (χ0n) is 8.58. The number of hydrogen-bond donors (Lipinski definition) is 1. The van der Waals surface area contributed by atoms with Crippen LogP contribution in [0.3, 0.4) is 0 Å². The lowest BCUT2D eigenvalue weighted by Gasteiger charge is -2.14. The number of rotatable bonds is 3. The third-order valence-electron chi connectivity index (χ3n) is 2.37. The van der Waals surface area contributed by atoms with Crippen LogP contribution in [0, 0.1) is 9.81 Å². The molecule has 0 aliphatic carbocycles. The van der Waals surface area contributed by atoms with Crippen LogP contribution in [-0.4, -0.2) is 7.05 Å². The molecule has 0 bridgehead atoms. The van der Waals surface area contributed by atoms with Gasteiger partial charge in [0.25, 0.3) is 0 Å². The largest absolute Gasteiger partial charge is 0.309 e. The van der Waals surface area contributed by atoms with Gasteiger partial charge in [-0.25, -0.2) is 0 Å². The van der Waals surface area contributed by atoms with Gasteiger partial charge in [-0.2, -0.15) is 0 Å². The Bertz CT molecular complexity index is 447. The van der Waals surface area contributed by atoms with Crippen molar-refractivity contribution >= 4 is 45.3 Å². The molecule has 1 atom stereocenters. The van der Waals surface area contributed by atoms with Crippen LogP contribution in [0.1, 0.15) is 22.0 Å². The molecule has 4 heteroatoms. The van der Waals surface area contributed by atoms with E-state index in [2.05, 4.69) is 57.7 Å². The van der Waals surface area contributed by atoms with Gasteiger partial charge in [0, 0.05) is 4.88 Å². The average molecular weight is 349 g/mol. The summed E-state index contributed by atoms with van der Waals surface area (Å²) < 4.78 is 1.34. The van der Waals surface area contributed by atoms with Crippen molar-refractivity contribution in [1.29, 1.82) is 0 Å². The van der Waals surface area contributed by atoms with Gasteiger partial charge in [0.2, 0.25) is 0 Å². The van der Waals surface area contributed by atoms with Crippen molar-refractivity contribution in [2.24, 2.45) is 0 Å². The molecule has 0 aliphatic heterocycles. The van der Waals surface area contributed by atoms with E-state index >= 15 is 0 Å². The monoisotopic (exact) mass is 349 g/mol. The normalized spacial score (nSPS) is 13.0. The molecular formula is C11H12INS2. The molecule has 0 saturated carbocycles. The van der Waals surface area contributed by atoms with Crippen molar-refractivity contribution in [3.05, 3.63) is 41.8 Å². The fourth-order valence-corrected chi connectivity index (χ4v) is 4.06. The Labute approximate surface area is 112 Å². The molecule has 0 saturated heterocycles. The SMILES string of the molecule is CNC(c1csc(I)c1)c1sccc1C. The Morgan fingerprint density at radius 3 is 2.67 bits per heavy atom. The first-order chi connectivity index (χ1) is 7.22. The fraction of sp³-hybridized carbons (Fsp3) is 0.273. The van der Waals surface area contributed by atoms with Crippen LogP contribution in [0.2, 0.25) is 0 Å². The van der Waals surface area contributed by atoms with E-state index in [9.17, 15) is 0 Å². The number of aryl methyl sites for hydroxylation is 1. The van der Waals surface area contributed by atoms with Crippen LogP contribution < -0.4 is 5.32 Å². The second-order valence-corrected chi connectivity index (χ2v) is 7.13. The second kappa shape index (κ2) is 4.95. The highest BCUT2D eigenvalue weighted by atomic mass is 127. The zero-order valence-corrected chi connectivity index (χ0v) is 12.4. The van der Waals surface area contributed by atoms with E-state index in [1.165, 1.54) is 18.9 Å². The van der Waals surface area contributed by atoms with E-state index in [4.69, 9.17) is 0 Å². The van der Waals surface area contributed by atoms with Gasteiger partial charge in [0.15, 0.2) is 0 Å². The lowest BCUT2D eigenvalue weighted by molar-refractivity contribution is 0.702. The smallest absolute Gasteiger partial charge is 0.0679 e. The quantitative estimate of drug-likeness (QED) is 0.825. The lowest BCUT2D eigenvalue weighted by atomic mass is 10.1. The summed E-state index contributed by atoms with van der Waals surface area (Å²) in [5.74, 6) is 0. The molecule has 1 N–H and O–H groups in total. The summed E-state index contributed by atoms with van der Waals surface area (Å²) in [6, 6.07) is 4.79. The number of hydrogen-bond acceptors (Lipinski definition) is 3. The Morgan fingerprint density at radius 1 is 1.40 bits per heavy atom. The molecule has 15 heavy (non-hydrogen) atoms. The third-order valence-corrected chi connectivity index (χ3v) is 5.26. The molecule has 0 aliphatic rings. The van der Waals surface area contributed by atoms with Crippen LogP contribution in [0.15, 0.2) is 22.9 Å². The maximum atomic E-state index is 3.39. The van der Waals surface area contributed by atoms with Crippen LogP contribution in [0.5, 0.6) is 0 Å².